The Balaban J connectivity index is 1.82. The van der Waals surface area contributed by atoms with Crippen molar-refractivity contribution in [1.29, 1.82) is 5.41 Å². The van der Waals surface area contributed by atoms with E-state index in [1.54, 1.807) is 42.1 Å². The fourth-order valence-corrected chi connectivity index (χ4v) is 3.89. The molecule has 0 fully saturated rings. The maximum atomic E-state index is 13.1. The third-order valence-electron chi connectivity index (χ3n) is 5.84. The molecular formula is C26H29N3O4. The molecule has 0 aliphatic rings. The van der Waals surface area contributed by atoms with E-state index in [1.807, 2.05) is 38.1 Å². The van der Waals surface area contributed by atoms with E-state index < -0.39 is 17.8 Å². The number of nitrogens with one attached hydrogen (secondary N) is 1. The van der Waals surface area contributed by atoms with Crippen LogP contribution in [0.25, 0.3) is 11.1 Å². The molecule has 0 aliphatic heterocycles. The lowest BCUT2D eigenvalue weighted by Crippen LogP contribution is -2.24. The van der Waals surface area contributed by atoms with Gasteiger partial charge in [-0.1, -0.05) is 44.2 Å². The first-order valence-corrected chi connectivity index (χ1v) is 11.0. The second-order valence-corrected chi connectivity index (χ2v) is 8.33. The number of carboxylic acid groups (broad SMARTS) is 1. The smallest absolute Gasteiger partial charge is 0.308 e. The number of phenols is 1. The summed E-state index contributed by atoms with van der Waals surface area (Å²) in [5.41, 5.74) is 4.03. The Kier molecular flexibility index (Phi) is 7.43. The minimum atomic E-state index is -0.902. The average Bonchev–Trinajstić information content (AvgIpc) is 3.23. The van der Waals surface area contributed by atoms with Gasteiger partial charge in [0.25, 0.3) is 0 Å². The van der Waals surface area contributed by atoms with Crippen LogP contribution in [0.5, 0.6) is 5.75 Å². The van der Waals surface area contributed by atoms with E-state index in [-0.39, 0.29) is 30.2 Å². The largest absolute Gasteiger partial charge is 0.508 e. The third-order valence-corrected chi connectivity index (χ3v) is 5.84. The van der Waals surface area contributed by atoms with Crippen LogP contribution in [0.1, 0.15) is 43.0 Å². The van der Waals surface area contributed by atoms with E-state index in [0.717, 1.165) is 22.3 Å². The number of hydrogen-bond donors (Lipinski definition) is 3. The Bertz CT molecular complexity index is 1180. The molecule has 7 heteroatoms. The van der Waals surface area contributed by atoms with Crippen LogP contribution in [0, 0.1) is 18.3 Å². The quantitative estimate of drug-likeness (QED) is 0.393. The Hall–Kier alpha value is -3.74. The Labute approximate surface area is 193 Å². The van der Waals surface area contributed by atoms with Crippen LogP contribution < -0.4 is 0 Å². The van der Waals surface area contributed by atoms with Crippen LogP contribution in [0.2, 0.25) is 0 Å². The first kappa shape index (κ1) is 23.9. The van der Waals surface area contributed by atoms with Crippen molar-refractivity contribution in [2.24, 2.45) is 5.92 Å². The molecule has 3 aromatic rings. The van der Waals surface area contributed by atoms with Crippen molar-refractivity contribution in [3.05, 3.63) is 71.5 Å². The van der Waals surface area contributed by atoms with Crippen LogP contribution in [-0.2, 0) is 22.6 Å². The summed E-state index contributed by atoms with van der Waals surface area (Å²) >= 11 is 0. The minimum Gasteiger partial charge on any atom is -0.508 e. The zero-order valence-electron chi connectivity index (χ0n) is 19.1. The van der Waals surface area contributed by atoms with E-state index >= 15 is 0 Å². The van der Waals surface area contributed by atoms with Crippen LogP contribution in [0.4, 0.5) is 0 Å². The number of aromatic hydroxyl groups is 1. The molecule has 2 atom stereocenters. The summed E-state index contributed by atoms with van der Waals surface area (Å²) in [6.07, 6.45) is 2.25. The van der Waals surface area contributed by atoms with Crippen molar-refractivity contribution >= 4 is 17.5 Å². The Morgan fingerprint density at radius 3 is 2.52 bits per heavy atom. The summed E-state index contributed by atoms with van der Waals surface area (Å²) in [6, 6.07) is 14.4. The van der Waals surface area contributed by atoms with Crippen molar-refractivity contribution in [3.63, 3.8) is 0 Å². The van der Waals surface area contributed by atoms with Crippen molar-refractivity contribution in [1.82, 2.24) is 9.78 Å². The predicted molar refractivity (Wildman–Crippen MR) is 127 cm³/mol. The molecular weight excluding hydrogens is 418 g/mol. The van der Waals surface area contributed by atoms with Gasteiger partial charge in [-0.2, -0.15) is 5.10 Å². The monoisotopic (exact) mass is 447 g/mol. The molecule has 0 spiro atoms. The molecule has 0 bridgehead atoms. The summed E-state index contributed by atoms with van der Waals surface area (Å²) in [7, 11) is 0. The lowest BCUT2D eigenvalue weighted by atomic mass is 9.88. The average molecular weight is 448 g/mol. The highest BCUT2D eigenvalue weighted by Crippen LogP contribution is 2.31. The van der Waals surface area contributed by atoms with Crippen molar-refractivity contribution in [2.75, 3.05) is 0 Å². The van der Waals surface area contributed by atoms with Gasteiger partial charge in [-0.05, 0) is 53.8 Å². The molecule has 1 heterocycles. The molecule has 7 nitrogen and oxygen atoms in total. The second-order valence-electron chi connectivity index (χ2n) is 8.33. The molecule has 2 aromatic carbocycles. The van der Waals surface area contributed by atoms with E-state index in [9.17, 15) is 14.7 Å². The van der Waals surface area contributed by atoms with Gasteiger partial charge in [0, 0.05) is 18.5 Å². The number of nitrogens with zero attached hydrogens (tertiary/aromatic N) is 2. The number of ketones is 1. The molecule has 0 aliphatic carbocycles. The number of carboxylic acids is 1. The van der Waals surface area contributed by atoms with Crippen molar-refractivity contribution in [3.8, 4) is 16.9 Å². The van der Waals surface area contributed by atoms with E-state index in [0.29, 0.717) is 12.1 Å². The number of rotatable bonds is 10. The lowest BCUT2D eigenvalue weighted by molar-refractivity contribution is -0.141. The fourth-order valence-electron chi connectivity index (χ4n) is 3.89. The van der Waals surface area contributed by atoms with E-state index in [4.69, 9.17) is 10.5 Å². The molecule has 33 heavy (non-hydrogen) atoms. The molecule has 0 radical (unpaired) electrons. The van der Waals surface area contributed by atoms with Crippen LogP contribution in [-0.4, -0.2) is 37.5 Å². The van der Waals surface area contributed by atoms with Gasteiger partial charge in [0.1, 0.15) is 5.75 Å². The number of aryl methyl sites for hydroxylation is 1. The van der Waals surface area contributed by atoms with Crippen LogP contribution in [0.15, 0.2) is 54.7 Å². The van der Waals surface area contributed by atoms with Crippen LogP contribution >= 0.6 is 0 Å². The van der Waals surface area contributed by atoms with Crippen molar-refractivity contribution in [2.45, 2.75) is 46.1 Å². The number of aliphatic carboxylic acids is 1. The Morgan fingerprint density at radius 2 is 1.85 bits per heavy atom. The molecule has 172 valence electrons. The van der Waals surface area contributed by atoms with E-state index in [1.165, 1.54) is 0 Å². The highest BCUT2D eigenvalue weighted by molar-refractivity contribution is 6.41. The highest BCUT2D eigenvalue weighted by atomic mass is 16.4. The number of benzene rings is 2. The molecule has 0 saturated carbocycles. The Morgan fingerprint density at radius 1 is 1.12 bits per heavy atom. The third kappa shape index (κ3) is 5.55. The number of hydrogen-bond acceptors (Lipinski definition) is 5. The molecule has 2 unspecified atom stereocenters. The summed E-state index contributed by atoms with van der Waals surface area (Å²) in [5.74, 6) is -2.16. The van der Waals surface area contributed by atoms with Gasteiger partial charge >= 0.3 is 5.97 Å². The summed E-state index contributed by atoms with van der Waals surface area (Å²) in [4.78, 5) is 24.2. The first-order chi connectivity index (χ1) is 15.7. The highest BCUT2D eigenvalue weighted by Gasteiger charge is 2.25. The zero-order valence-corrected chi connectivity index (χ0v) is 19.1. The van der Waals surface area contributed by atoms with Gasteiger partial charge in [0.15, 0.2) is 5.78 Å². The first-order valence-electron chi connectivity index (χ1n) is 11.0. The maximum Gasteiger partial charge on any atom is 0.308 e. The number of Topliss-reactive ketones (excluding diaryl/α,β-unsaturated/α-hetero) is 1. The number of aromatic nitrogens is 2. The minimum absolute atomic E-state index is 0.0298. The standard InChI is InChI=1S/C26H29N3O4/c1-4-20(23-11-12-29(28-23)15-17(3)26(32)33)25(27)24(31)13-18-9-10-19(30)14-22(18)21-8-6-5-7-16(21)2/h5-12,14,17,20,27,30H,4,13,15H2,1-3H3,(H,32,33). The van der Waals surface area contributed by atoms with Gasteiger partial charge in [0.05, 0.1) is 23.9 Å². The van der Waals surface area contributed by atoms with Gasteiger partial charge in [-0.3, -0.25) is 14.3 Å². The molecule has 0 amide bonds. The fraction of sp³-hybridized carbons (Fsp3) is 0.308. The lowest BCUT2D eigenvalue weighted by Gasteiger charge is -2.16. The summed E-state index contributed by atoms with van der Waals surface area (Å²) in [5, 5.41) is 32.1. The summed E-state index contributed by atoms with van der Waals surface area (Å²) < 4.78 is 1.55. The maximum absolute atomic E-state index is 13.1. The van der Waals surface area contributed by atoms with Gasteiger partial charge in [-0.15, -0.1) is 0 Å². The normalized spacial score (nSPS) is 12.8. The molecule has 0 saturated heterocycles. The molecule has 1 aromatic heterocycles. The van der Waals surface area contributed by atoms with E-state index in [2.05, 4.69) is 5.10 Å². The van der Waals surface area contributed by atoms with Crippen LogP contribution in [0.3, 0.4) is 0 Å². The molecule has 3 rings (SSSR count). The predicted octanol–water partition coefficient (Wildman–Crippen LogP) is 4.61. The number of carbonyl (C=O) groups is 2. The number of phenolic OH excluding ortho intramolecular Hbond substituents is 1. The SMILES string of the molecule is CCC(C(=N)C(=O)Cc1ccc(O)cc1-c1ccccc1C)c1ccn(CC(C)C(=O)O)n1. The van der Waals surface area contributed by atoms with Crippen molar-refractivity contribution < 1.29 is 19.8 Å². The molecule has 3 N–H and O–H groups in total. The number of carbonyl (C=O) groups excluding carboxylic acids is 1. The second kappa shape index (κ2) is 10.3. The van der Waals surface area contributed by atoms with Gasteiger partial charge in [-0.25, -0.2) is 0 Å². The zero-order chi connectivity index (χ0) is 24.1. The topological polar surface area (TPSA) is 116 Å². The van der Waals surface area contributed by atoms with Gasteiger partial charge in [0.2, 0.25) is 0 Å². The van der Waals surface area contributed by atoms with Gasteiger partial charge < -0.3 is 15.6 Å². The summed E-state index contributed by atoms with van der Waals surface area (Å²) in [6.45, 7) is 5.70.